The van der Waals surface area contributed by atoms with Gasteiger partial charge in [0, 0.05) is 17.4 Å². The van der Waals surface area contributed by atoms with Crippen LogP contribution < -0.4 is 5.73 Å². The number of rotatable bonds is 4. The monoisotopic (exact) mass is 268 g/mol. The number of fused-ring (bicyclic) bond motifs is 1. The van der Waals surface area contributed by atoms with Gasteiger partial charge in [-0.1, -0.05) is 42.5 Å². The van der Waals surface area contributed by atoms with Gasteiger partial charge in [-0.05, 0) is 23.7 Å². The van der Waals surface area contributed by atoms with E-state index in [0.717, 1.165) is 25.1 Å². The van der Waals surface area contributed by atoms with Gasteiger partial charge in [-0.2, -0.15) is 0 Å². The van der Waals surface area contributed by atoms with Crippen LogP contribution in [0.4, 0.5) is 0 Å². The summed E-state index contributed by atoms with van der Waals surface area (Å²) in [5.41, 5.74) is 7.84. The molecule has 19 heavy (non-hydrogen) atoms. The van der Waals surface area contributed by atoms with Crippen LogP contribution in [0.1, 0.15) is 11.4 Å². The van der Waals surface area contributed by atoms with E-state index in [-0.39, 0.29) is 0 Å². The predicted molar refractivity (Wildman–Crippen MR) is 82.4 cm³/mol. The molecular formula is C16H16N2S. The number of aromatic nitrogens is 1. The van der Waals surface area contributed by atoms with Crippen LogP contribution >= 0.6 is 11.3 Å². The first kappa shape index (κ1) is 12.3. The maximum absolute atomic E-state index is 5.55. The third kappa shape index (κ3) is 2.53. The van der Waals surface area contributed by atoms with E-state index < -0.39 is 0 Å². The summed E-state index contributed by atoms with van der Waals surface area (Å²) in [5.74, 6) is 0. The first-order valence-electron chi connectivity index (χ1n) is 6.51. The average Bonchev–Trinajstić information content (AvgIpc) is 2.93. The molecule has 0 saturated heterocycles. The number of nitrogens with two attached hydrogens (primary N) is 1. The molecule has 3 aromatic rings. The maximum atomic E-state index is 5.55. The first-order valence-corrected chi connectivity index (χ1v) is 7.39. The van der Waals surface area contributed by atoms with Gasteiger partial charge < -0.3 is 5.73 Å². The second kappa shape index (κ2) is 5.51. The van der Waals surface area contributed by atoms with Crippen molar-refractivity contribution in [1.29, 1.82) is 0 Å². The number of benzene rings is 2. The Bertz CT molecular complexity index is 683. The molecule has 0 aliphatic heterocycles. The van der Waals surface area contributed by atoms with Crippen LogP contribution in [0.15, 0.2) is 47.8 Å². The molecule has 0 radical (unpaired) electrons. The van der Waals surface area contributed by atoms with Crippen molar-refractivity contribution in [3.05, 3.63) is 52.9 Å². The van der Waals surface area contributed by atoms with Crippen LogP contribution in [0, 0.1) is 0 Å². The predicted octanol–water partition coefficient (Wildman–Crippen LogP) is 3.85. The lowest BCUT2D eigenvalue weighted by Crippen LogP contribution is -1.99. The molecule has 0 amide bonds. The lowest BCUT2D eigenvalue weighted by Gasteiger charge is -2.03. The number of hydrogen-bond acceptors (Lipinski definition) is 3. The summed E-state index contributed by atoms with van der Waals surface area (Å²) in [6.07, 6.45) is 1.98. The van der Waals surface area contributed by atoms with Crippen molar-refractivity contribution < 1.29 is 0 Å². The average molecular weight is 268 g/mol. The molecule has 0 saturated carbocycles. The Morgan fingerprint density at radius 1 is 1.05 bits per heavy atom. The molecule has 2 N–H and O–H groups in total. The van der Waals surface area contributed by atoms with E-state index in [2.05, 4.69) is 47.8 Å². The lowest BCUT2D eigenvalue weighted by atomic mass is 10.0. The Labute approximate surface area is 116 Å². The molecule has 3 heteroatoms. The minimum atomic E-state index is 0.725. The Balaban J connectivity index is 2.02. The minimum Gasteiger partial charge on any atom is -0.330 e. The van der Waals surface area contributed by atoms with Crippen molar-refractivity contribution in [3.63, 3.8) is 0 Å². The van der Waals surface area contributed by atoms with Crippen LogP contribution in [-0.4, -0.2) is 11.5 Å². The van der Waals surface area contributed by atoms with Crippen molar-refractivity contribution in [1.82, 2.24) is 4.98 Å². The highest BCUT2D eigenvalue weighted by Crippen LogP contribution is 2.29. The van der Waals surface area contributed by atoms with Crippen molar-refractivity contribution in [2.75, 3.05) is 6.54 Å². The highest BCUT2D eigenvalue weighted by molar-refractivity contribution is 7.09. The fraction of sp³-hybridized carbons (Fsp3) is 0.188. The standard InChI is InChI=1S/C16H16N2S/c17-10-4-9-16-18-15(11-19-16)14-8-3-6-12-5-1-2-7-13(12)14/h1-3,5-8,11H,4,9-10,17H2. The van der Waals surface area contributed by atoms with E-state index in [0.29, 0.717) is 0 Å². The molecule has 0 unspecified atom stereocenters. The number of aryl methyl sites for hydroxylation is 1. The third-order valence-electron chi connectivity index (χ3n) is 3.21. The van der Waals surface area contributed by atoms with Gasteiger partial charge in [-0.15, -0.1) is 11.3 Å². The lowest BCUT2D eigenvalue weighted by molar-refractivity contribution is 0.827. The molecule has 1 heterocycles. The van der Waals surface area contributed by atoms with Gasteiger partial charge in [0.1, 0.15) is 0 Å². The third-order valence-corrected chi connectivity index (χ3v) is 4.12. The molecule has 0 bridgehead atoms. The molecule has 0 aliphatic carbocycles. The van der Waals surface area contributed by atoms with Crippen LogP contribution in [0.5, 0.6) is 0 Å². The highest BCUT2D eigenvalue weighted by Gasteiger charge is 2.07. The maximum Gasteiger partial charge on any atom is 0.0933 e. The summed E-state index contributed by atoms with van der Waals surface area (Å²) in [4.78, 5) is 4.73. The molecule has 0 atom stereocenters. The van der Waals surface area contributed by atoms with Crippen LogP contribution in [0.2, 0.25) is 0 Å². The Morgan fingerprint density at radius 2 is 1.89 bits per heavy atom. The Hall–Kier alpha value is -1.71. The molecule has 96 valence electrons. The smallest absolute Gasteiger partial charge is 0.0933 e. The summed E-state index contributed by atoms with van der Waals surface area (Å²) < 4.78 is 0. The van der Waals surface area contributed by atoms with Crippen molar-refractivity contribution in [2.45, 2.75) is 12.8 Å². The van der Waals surface area contributed by atoms with Gasteiger partial charge in [0.25, 0.3) is 0 Å². The van der Waals surface area contributed by atoms with Gasteiger partial charge in [0.15, 0.2) is 0 Å². The fourth-order valence-electron chi connectivity index (χ4n) is 2.25. The quantitative estimate of drug-likeness (QED) is 0.780. The molecule has 3 rings (SSSR count). The Morgan fingerprint density at radius 3 is 2.79 bits per heavy atom. The van der Waals surface area contributed by atoms with Gasteiger partial charge in [0.05, 0.1) is 10.7 Å². The van der Waals surface area contributed by atoms with Crippen molar-refractivity contribution in [2.24, 2.45) is 5.73 Å². The Kier molecular flexibility index (Phi) is 3.58. The minimum absolute atomic E-state index is 0.725. The van der Waals surface area contributed by atoms with Crippen LogP contribution in [0.3, 0.4) is 0 Å². The molecule has 1 aromatic heterocycles. The van der Waals surface area contributed by atoms with E-state index in [1.807, 2.05) is 0 Å². The van der Waals surface area contributed by atoms with Gasteiger partial charge >= 0.3 is 0 Å². The summed E-state index contributed by atoms with van der Waals surface area (Å²) in [6.45, 7) is 0.725. The zero-order chi connectivity index (χ0) is 13.1. The normalized spacial score (nSPS) is 11.0. The molecule has 2 aromatic carbocycles. The molecule has 0 aliphatic rings. The zero-order valence-electron chi connectivity index (χ0n) is 10.7. The topological polar surface area (TPSA) is 38.9 Å². The fourth-order valence-corrected chi connectivity index (χ4v) is 3.09. The summed E-state index contributed by atoms with van der Waals surface area (Å²) >= 11 is 1.73. The number of nitrogens with zero attached hydrogens (tertiary/aromatic N) is 1. The highest BCUT2D eigenvalue weighted by atomic mass is 32.1. The second-order valence-corrected chi connectivity index (χ2v) is 5.49. The number of thiazole rings is 1. The molecule has 0 spiro atoms. The first-order chi connectivity index (χ1) is 9.38. The van der Waals surface area contributed by atoms with Gasteiger partial charge in [0.2, 0.25) is 0 Å². The summed E-state index contributed by atoms with van der Waals surface area (Å²) in [5, 5.41) is 5.85. The van der Waals surface area contributed by atoms with Crippen molar-refractivity contribution >= 4 is 22.1 Å². The van der Waals surface area contributed by atoms with E-state index >= 15 is 0 Å². The van der Waals surface area contributed by atoms with Crippen LogP contribution in [0.25, 0.3) is 22.0 Å². The zero-order valence-corrected chi connectivity index (χ0v) is 11.5. The molecule has 0 fully saturated rings. The van der Waals surface area contributed by atoms with Crippen LogP contribution in [-0.2, 0) is 6.42 Å². The number of hydrogen-bond donors (Lipinski definition) is 1. The molecular weight excluding hydrogens is 252 g/mol. The van der Waals surface area contributed by atoms with Gasteiger partial charge in [-0.25, -0.2) is 4.98 Å². The summed E-state index contributed by atoms with van der Waals surface area (Å²) in [6, 6.07) is 14.8. The van der Waals surface area contributed by atoms with E-state index in [4.69, 9.17) is 10.7 Å². The molecule has 2 nitrogen and oxygen atoms in total. The second-order valence-electron chi connectivity index (χ2n) is 4.55. The van der Waals surface area contributed by atoms with Crippen molar-refractivity contribution in [3.8, 4) is 11.3 Å². The van der Waals surface area contributed by atoms with E-state index in [1.165, 1.54) is 21.3 Å². The SMILES string of the molecule is NCCCc1nc(-c2cccc3ccccc23)cs1. The summed E-state index contributed by atoms with van der Waals surface area (Å²) in [7, 11) is 0. The van der Waals surface area contributed by atoms with Gasteiger partial charge in [-0.3, -0.25) is 0 Å². The largest absolute Gasteiger partial charge is 0.330 e. The van der Waals surface area contributed by atoms with E-state index in [9.17, 15) is 0 Å². The van der Waals surface area contributed by atoms with E-state index in [1.54, 1.807) is 11.3 Å².